The third kappa shape index (κ3) is 5.30. The smallest absolute Gasteiger partial charge is 0.260 e. The van der Waals surface area contributed by atoms with E-state index < -0.39 is 6.10 Å². The molecule has 1 aliphatic rings. The van der Waals surface area contributed by atoms with Crippen LogP contribution >= 0.6 is 0 Å². The monoisotopic (exact) mass is 353 g/mol. The second kappa shape index (κ2) is 8.81. The summed E-state index contributed by atoms with van der Waals surface area (Å²) in [5, 5.41) is 3.13. The zero-order valence-electron chi connectivity index (χ0n) is 15.5. The minimum Gasteiger partial charge on any atom is -0.481 e. The molecule has 1 aromatic carbocycles. The van der Waals surface area contributed by atoms with Gasteiger partial charge in [0.25, 0.3) is 5.91 Å². The van der Waals surface area contributed by atoms with Crippen LogP contribution in [0.5, 0.6) is 5.75 Å². The molecular weight excluding hydrogens is 326 g/mol. The zero-order valence-corrected chi connectivity index (χ0v) is 15.5. The van der Waals surface area contributed by atoms with E-state index in [-0.39, 0.29) is 11.9 Å². The van der Waals surface area contributed by atoms with Gasteiger partial charge in [-0.05, 0) is 51.0 Å². The van der Waals surface area contributed by atoms with E-state index in [1.54, 1.807) is 6.92 Å². The van der Waals surface area contributed by atoms with Crippen molar-refractivity contribution in [2.24, 2.45) is 0 Å². The van der Waals surface area contributed by atoms with Gasteiger partial charge in [0.15, 0.2) is 6.10 Å². The number of pyridine rings is 1. The summed E-state index contributed by atoms with van der Waals surface area (Å²) in [7, 11) is 0. The van der Waals surface area contributed by atoms with Crippen LogP contribution in [0, 0.1) is 6.92 Å². The average Bonchev–Trinajstić information content (AvgIpc) is 2.66. The summed E-state index contributed by atoms with van der Waals surface area (Å²) in [6.07, 6.45) is 3.24. The Bertz CT molecular complexity index is 695. The van der Waals surface area contributed by atoms with E-state index in [9.17, 15) is 4.79 Å². The van der Waals surface area contributed by atoms with Crippen LogP contribution in [0.3, 0.4) is 0 Å². The molecule has 1 unspecified atom stereocenters. The Morgan fingerprint density at radius 2 is 1.96 bits per heavy atom. The largest absolute Gasteiger partial charge is 0.481 e. The van der Waals surface area contributed by atoms with E-state index in [4.69, 9.17) is 4.74 Å². The molecule has 0 aliphatic carbocycles. The van der Waals surface area contributed by atoms with Crippen molar-refractivity contribution in [3.8, 4) is 5.75 Å². The van der Waals surface area contributed by atoms with Gasteiger partial charge in [0.1, 0.15) is 5.75 Å². The maximum Gasteiger partial charge on any atom is 0.260 e. The standard InChI is InChI=1S/C21H27N3O2/c1-16-6-8-20(9-7-16)26-17(2)21(25)23-18-10-13-24(14-11-18)15-19-5-3-4-12-22-19/h3-9,12,17-18H,10-11,13-15H2,1-2H3,(H,23,25). The SMILES string of the molecule is Cc1ccc(OC(C)C(=O)NC2CCN(Cc3ccccn3)CC2)cc1. The molecule has 5 heteroatoms. The summed E-state index contributed by atoms with van der Waals surface area (Å²) in [6.45, 7) is 6.63. The molecule has 0 saturated carbocycles. The summed E-state index contributed by atoms with van der Waals surface area (Å²) in [5.74, 6) is 0.678. The van der Waals surface area contributed by atoms with Gasteiger partial charge in [0.2, 0.25) is 0 Å². The molecule has 2 aromatic rings. The van der Waals surface area contributed by atoms with E-state index in [0.717, 1.165) is 43.9 Å². The maximum absolute atomic E-state index is 12.4. The van der Waals surface area contributed by atoms with Crippen LogP contribution in [-0.2, 0) is 11.3 Å². The number of nitrogens with one attached hydrogen (secondary N) is 1. The maximum atomic E-state index is 12.4. The highest BCUT2D eigenvalue weighted by Gasteiger charge is 2.23. The van der Waals surface area contributed by atoms with Crippen LogP contribution in [-0.4, -0.2) is 41.0 Å². The summed E-state index contributed by atoms with van der Waals surface area (Å²) in [5.41, 5.74) is 2.27. The predicted molar refractivity (Wildman–Crippen MR) is 102 cm³/mol. The lowest BCUT2D eigenvalue weighted by molar-refractivity contribution is -0.128. The number of hydrogen-bond donors (Lipinski definition) is 1. The van der Waals surface area contributed by atoms with Crippen LogP contribution < -0.4 is 10.1 Å². The van der Waals surface area contributed by atoms with Gasteiger partial charge >= 0.3 is 0 Å². The summed E-state index contributed by atoms with van der Waals surface area (Å²) >= 11 is 0. The van der Waals surface area contributed by atoms with Gasteiger partial charge in [0, 0.05) is 31.9 Å². The van der Waals surface area contributed by atoms with Gasteiger partial charge in [-0.15, -0.1) is 0 Å². The molecule has 1 saturated heterocycles. The van der Waals surface area contributed by atoms with E-state index in [1.807, 2.05) is 49.5 Å². The first-order chi connectivity index (χ1) is 12.6. The fraction of sp³-hybridized carbons (Fsp3) is 0.429. The average molecular weight is 353 g/mol. The molecule has 26 heavy (non-hydrogen) atoms. The predicted octanol–water partition coefficient (Wildman–Crippen LogP) is 2.94. The lowest BCUT2D eigenvalue weighted by Crippen LogP contribution is -2.47. The lowest BCUT2D eigenvalue weighted by atomic mass is 10.0. The molecule has 1 aromatic heterocycles. The molecule has 3 rings (SSSR count). The third-order valence-corrected chi connectivity index (χ3v) is 4.75. The fourth-order valence-corrected chi connectivity index (χ4v) is 3.15. The van der Waals surface area contributed by atoms with Crippen molar-refractivity contribution < 1.29 is 9.53 Å². The lowest BCUT2D eigenvalue weighted by Gasteiger charge is -2.32. The van der Waals surface area contributed by atoms with E-state index in [2.05, 4.69) is 21.3 Å². The molecule has 1 fully saturated rings. The quantitative estimate of drug-likeness (QED) is 0.867. The number of nitrogens with zero attached hydrogens (tertiary/aromatic N) is 2. The van der Waals surface area contributed by atoms with Gasteiger partial charge < -0.3 is 10.1 Å². The summed E-state index contributed by atoms with van der Waals surface area (Å²) in [4.78, 5) is 19.2. The third-order valence-electron chi connectivity index (χ3n) is 4.75. The van der Waals surface area contributed by atoms with Crippen molar-refractivity contribution in [2.45, 2.75) is 45.4 Å². The highest BCUT2D eigenvalue weighted by Crippen LogP contribution is 2.15. The second-order valence-corrected chi connectivity index (χ2v) is 6.95. The summed E-state index contributed by atoms with van der Waals surface area (Å²) < 4.78 is 5.74. The number of benzene rings is 1. The van der Waals surface area contributed by atoms with Crippen molar-refractivity contribution in [3.05, 3.63) is 59.9 Å². The van der Waals surface area contributed by atoms with Gasteiger partial charge in [-0.1, -0.05) is 23.8 Å². The highest BCUT2D eigenvalue weighted by atomic mass is 16.5. The first-order valence-corrected chi connectivity index (χ1v) is 9.26. The van der Waals surface area contributed by atoms with Gasteiger partial charge in [-0.25, -0.2) is 0 Å². The number of rotatable bonds is 6. The Morgan fingerprint density at radius 3 is 2.62 bits per heavy atom. The van der Waals surface area contributed by atoms with Crippen molar-refractivity contribution in [2.75, 3.05) is 13.1 Å². The number of amides is 1. The van der Waals surface area contributed by atoms with E-state index >= 15 is 0 Å². The van der Waals surface area contributed by atoms with E-state index in [1.165, 1.54) is 5.56 Å². The number of carbonyl (C=O) groups is 1. The number of piperidine rings is 1. The van der Waals surface area contributed by atoms with Crippen LogP contribution in [0.25, 0.3) is 0 Å². The first-order valence-electron chi connectivity index (χ1n) is 9.26. The van der Waals surface area contributed by atoms with Crippen molar-refractivity contribution in [1.29, 1.82) is 0 Å². The van der Waals surface area contributed by atoms with Gasteiger partial charge in [-0.3, -0.25) is 14.7 Å². The van der Waals surface area contributed by atoms with Crippen LogP contribution in [0.15, 0.2) is 48.7 Å². The highest BCUT2D eigenvalue weighted by molar-refractivity contribution is 5.81. The Morgan fingerprint density at radius 1 is 1.23 bits per heavy atom. The number of carbonyl (C=O) groups excluding carboxylic acids is 1. The van der Waals surface area contributed by atoms with Crippen molar-refractivity contribution in [1.82, 2.24) is 15.2 Å². The van der Waals surface area contributed by atoms with Gasteiger partial charge in [-0.2, -0.15) is 0 Å². The Hall–Kier alpha value is -2.40. The molecule has 0 radical (unpaired) electrons. The minimum absolute atomic E-state index is 0.0475. The van der Waals surface area contributed by atoms with Crippen LogP contribution in [0.4, 0.5) is 0 Å². The molecular formula is C21H27N3O2. The van der Waals surface area contributed by atoms with Crippen LogP contribution in [0.1, 0.15) is 31.0 Å². The van der Waals surface area contributed by atoms with Crippen molar-refractivity contribution in [3.63, 3.8) is 0 Å². The summed E-state index contributed by atoms with van der Waals surface area (Å²) in [6, 6.07) is 14.0. The van der Waals surface area contributed by atoms with Crippen LogP contribution in [0.2, 0.25) is 0 Å². The molecule has 1 amide bonds. The number of likely N-dealkylation sites (tertiary alicyclic amines) is 1. The second-order valence-electron chi connectivity index (χ2n) is 6.95. The number of aryl methyl sites for hydroxylation is 1. The molecule has 1 aliphatic heterocycles. The molecule has 5 nitrogen and oxygen atoms in total. The molecule has 138 valence electrons. The Balaban J connectivity index is 1.42. The first kappa shape index (κ1) is 18.4. The molecule has 1 N–H and O–H groups in total. The fourth-order valence-electron chi connectivity index (χ4n) is 3.15. The zero-order chi connectivity index (χ0) is 18.4. The molecule has 0 bridgehead atoms. The number of aromatic nitrogens is 1. The normalized spacial score (nSPS) is 16.8. The topological polar surface area (TPSA) is 54.5 Å². The van der Waals surface area contributed by atoms with E-state index in [0.29, 0.717) is 0 Å². The Labute approximate surface area is 155 Å². The molecule has 2 heterocycles. The minimum atomic E-state index is -0.496. The van der Waals surface area contributed by atoms with Gasteiger partial charge in [0.05, 0.1) is 5.69 Å². The molecule has 1 atom stereocenters. The van der Waals surface area contributed by atoms with Crippen molar-refractivity contribution >= 4 is 5.91 Å². The molecule has 0 spiro atoms. The number of hydrogen-bond acceptors (Lipinski definition) is 4. The Kier molecular flexibility index (Phi) is 6.23. The number of ether oxygens (including phenoxy) is 1.